The van der Waals surface area contributed by atoms with E-state index in [9.17, 15) is 9.59 Å². The SMILES string of the molecule is CCCNc1nc2ccc(C)cn2c(=O)c1/C=C1/SC(=S)N(C2CCCC2)C1=O. The van der Waals surface area contributed by atoms with Crippen molar-refractivity contribution in [2.45, 2.75) is 52.0 Å². The van der Waals surface area contributed by atoms with Gasteiger partial charge in [-0.05, 0) is 43.9 Å². The van der Waals surface area contributed by atoms with E-state index in [0.29, 0.717) is 32.8 Å². The monoisotopic (exact) mass is 428 g/mol. The highest BCUT2D eigenvalue weighted by Gasteiger charge is 2.38. The van der Waals surface area contributed by atoms with Crippen molar-refractivity contribution >= 4 is 51.7 Å². The number of fused-ring (bicyclic) bond motifs is 1. The number of thioether (sulfide) groups is 1. The van der Waals surface area contributed by atoms with Gasteiger partial charge >= 0.3 is 0 Å². The average Bonchev–Trinajstić information content (AvgIpc) is 3.31. The largest absolute Gasteiger partial charge is 0.369 e. The van der Waals surface area contributed by atoms with Crippen LogP contribution in [0.5, 0.6) is 0 Å². The van der Waals surface area contributed by atoms with Crippen LogP contribution in [0.1, 0.15) is 50.2 Å². The van der Waals surface area contributed by atoms with Crippen LogP contribution in [0.4, 0.5) is 5.82 Å². The number of aromatic nitrogens is 2. The zero-order chi connectivity index (χ0) is 20.5. The Hall–Kier alpha value is -2.19. The highest BCUT2D eigenvalue weighted by Crippen LogP contribution is 2.38. The fourth-order valence-corrected chi connectivity index (χ4v) is 5.24. The Morgan fingerprint density at radius 1 is 1.31 bits per heavy atom. The summed E-state index contributed by atoms with van der Waals surface area (Å²) in [6.07, 6.45) is 8.57. The minimum absolute atomic E-state index is 0.0953. The molecule has 2 aromatic heterocycles. The number of nitrogens with zero attached hydrogens (tertiary/aromatic N) is 3. The van der Waals surface area contributed by atoms with E-state index >= 15 is 0 Å². The first-order valence-electron chi connectivity index (χ1n) is 10.0. The van der Waals surface area contributed by atoms with Crippen molar-refractivity contribution < 1.29 is 4.79 Å². The molecule has 0 radical (unpaired) electrons. The van der Waals surface area contributed by atoms with Crippen LogP contribution in [0.15, 0.2) is 28.0 Å². The second-order valence-corrected chi connectivity index (χ2v) is 9.21. The number of rotatable bonds is 5. The van der Waals surface area contributed by atoms with E-state index in [1.807, 2.05) is 19.1 Å². The molecule has 1 N–H and O–H groups in total. The third kappa shape index (κ3) is 3.83. The summed E-state index contributed by atoms with van der Waals surface area (Å²) in [5, 5.41) is 3.24. The van der Waals surface area contributed by atoms with Gasteiger partial charge in [0.1, 0.15) is 15.8 Å². The van der Waals surface area contributed by atoms with Crippen LogP contribution in [0.2, 0.25) is 0 Å². The van der Waals surface area contributed by atoms with Crippen molar-refractivity contribution in [2.75, 3.05) is 11.9 Å². The molecule has 1 saturated heterocycles. The van der Waals surface area contributed by atoms with Crippen molar-refractivity contribution in [2.24, 2.45) is 0 Å². The number of carbonyl (C=O) groups is 1. The van der Waals surface area contributed by atoms with Crippen LogP contribution >= 0.6 is 24.0 Å². The molecule has 1 amide bonds. The first-order chi connectivity index (χ1) is 14.0. The number of aryl methyl sites for hydroxylation is 1. The number of carbonyl (C=O) groups excluding carboxylic acids is 1. The third-order valence-corrected chi connectivity index (χ3v) is 6.67. The van der Waals surface area contributed by atoms with Crippen molar-refractivity contribution in [3.63, 3.8) is 0 Å². The highest BCUT2D eigenvalue weighted by molar-refractivity contribution is 8.26. The van der Waals surface area contributed by atoms with Crippen LogP contribution in [-0.2, 0) is 4.79 Å². The van der Waals surface area contributed by atoms with Crippen LogP contribution in [0.3, 0.4) is 0 Å². The van der Waals surface area contributed by atoms with E-state index in [-0.39, 0.29) is 17.5 Å². The highest BCUT2D eigenvalue weighted by atomic mass is 32.2. The quantitative estimate of drug-likeness (QED) is 0.574. The van der Waals surface area contributed by atoms with Crippen LogP contribution in [0.25, 0.3) is 11.7 Å². The summed E-state index contributed by atoms with van der Waals surface area (Å²) in [6.45, 7) is 4.68. The molecule has 0 bridgehead atoms. The summed E-state index contributed by atoms with van der Waals surface area (Å²) in [7, 11) is 0. The van der Waals surface area contributed by atoms with Gasteiger partial charge in [0.15, 0.2) is 0 Å². The summed E-state index contributed by atoms with van der Waals surface area (Å²) in [4.78, 5) is 33.2. The predicted molar refractivity (Wildman–Crippen MR) is 122 cm³/mol. The zero-order valence-corrected chi connectivity index (χ0v) is 18.2. The number of hydrogen-bond donors (Lipinski definition) is 1. The Kier molecular flexibility index (Phi) is 5.74. The summed E-state index contributed by atoms with van der Waals surface area (Å²) < 4.78 is 2.12. The van der Waals surface area contributed by atoms with E-state index < -0.39 is 0 Å². The first-order valence-corrected chi connectivity index (χ1v) is 11.3. The molecule has 4 rings (SSSR count). The lowest BCUT2D eigenvalue weighted by molar-refractivity contribution is -0.123. The molecule has 2 aliphatic rings. The van der Waals surface area contributed by atoms with Gasteiger partial charge in [0.2, 0.25) is 0 Å². The first kappa shape index (κ1) is 20.1. The number of anilines is 1. The molecule has 2 fully saturated rings. The summed E-state index contributed by atoms with van der Waals surface area (Å²) in [5.74, 6) is 0.411. The number of nitrogens with one attached hydrogen (secondary N) is 1. The Bertz CT molecular complexity index is 1070. The second kappa shape index (κ2) is 8.28. The maximum Gasteiger partial charge on any atom is 0.267 e. The summed E-state index contributed by atoms with van der Waals surface area (Å²) >= 11 is 6.77. The van der Waals surface area contributed by atoms with Crippen molar-refractivity contribution in [3.8, 4) is 0 Å². The van der Waals surface area contributed by atoms with Crippen LogP contribution in [0, 0.1) is 6.92 Å². The van der Waals surface area contributed by atoms with Gasteiger partial charge in [-0.15, -0.1) is 0 Å². The molecule has 8 heteroatoms. The lowest BCUT2D eigenvalue weighted by Gasteiger charge is -2.21. The maximum atomic E-state index is 13.2. The van der Waals surface area contributed by atoms with Gasteiger partial charge in [0.05, 0.1) is 10.5 Å². The Morgan fingerprint density at radius 3 is 2.79 bits per heavy atom. The standard InChI is InChI=1S/C21H24N4O2S2/c1-3-10-22-18-15(19(26)24-12-13(2)8-9-17(24)23-18)11-16-20(27)25(21(28)29-16)14-6-4-5-7-14/h8-9,11-12,14,22H,3-7,10H2,1-2H3/b16-11+. The van der Waals surface area contributed by atoms with Gasteiger partial charge in [-0.2, -0.15) is 0 Å². The van der Waals surface area contributed by atoms with Gasteiger partial charge in [-0.3, -0.25) is 18.9 Å². The lowest BCUT2D eigenvalue weighted by Crippen LogP contribution is -2.36. The van der Waals surface area contributed by atoms with E-state index in [1.54, 1.807) is 17.2 Å². The third-order valence-electron chi connectivity index (χ3n) is 5.34. The number of hydrogen-bond acceptors (Lipinski definition) is 6. The Balaban J connectivity index is 1.79. The molecular weight excluding hydrogens is 404 g/mol. The van der Waals surface area contributed by atoms with E-state index in [1.165, 1.54) is 16.2 Å². The van der Waals surface area contributed by atoms with Gasteiger partial charge in [0, 0.05) is 18.8 Å². The fraction of sp³-hybridized carbons (Fsp3) is 0.429. The van der Waals surface area contributed by atoms with Gasteiger partial charge in [-0.25, -0.2) is 4.98 Å². The molecule has 152 valence electrons. The molecule has 3 heterocycles. The second-order valence-electron chi connectivity index (χ2n) is 7.53. The molecule has 1 aliphatic heterocycles. The molecule has 2 aromatic rings. The average molecular weight is 429 g/mol. The zero-order valence-electron chi connectivity index (χ0n) is 16.6. The van der Waals surface area contributed by atoms with Crippen molar-refractivity contribution in [1.82, 2.24) is 14.3 Å². The number of pyridine rings is 1. The van der Waals surface area contributed by atoms with E-state index in [4.69, 9.17) is 12.2 Å². The topological polar surface area (TPSA) is 66.7 Å². The minimum atomic E-state index is -0.191. The fourth-order valence-electron chi connectivity index (χ4n) is 3.86. The molecular formula is C21H24N4O2S2. The van der Waals surface area contributed by atoms with Crippen LogP contribution in [-0.4, -0.2) is 37.1 Å². The molecule has 0 spiro atoms. The van der Waals surface area contributed by atoms with Gasteiger partial charge < -0.3 is 5.32 Å². The minimum Gasteiger partial charge on any atom is -0.369 e. The number of amides is 1. The molecule has 0 aromatic carbocycles. The Morgan fingerprint density at radius 2 is 2.07 bits per heavy atom. The molecule has 0 atom stereocenters. The molecule has 6 nitrogen and oxygen atoms in total. The molecule has 29 heavy (non-hydrogen) atoms. The summed E-state index contributed by atoms with van der Waals surface area (Å²) in [6, 6.07) is 3.94. The molecule has 1 saturated carbocycles. The smallest absolute Gasteiger partial charge is 0.267 e. The predicted octanol–water partition coefficient (Wildman–Crippen LogP) is 3.97. The molecule has 0 unspecified atom stereocenters. The Labute approximate surface area is 179 Å². The molecule has 1 aliphatic carbocycles. The normalized spacial score (nSPS) is 19.1. The van der Waals surface area contributed by atoms with Crippen molar-refractivity contribution in [1.29, 1.82) is 0 Å². The van der Waals surface area contributed by atoms with Crippen molar-refractivity contribution in [3.05, 3.63) is 44.7 Å². The van der Waals surface area contributed by atoms with E-state index in [2.05, 4.69) is 17.2 Å². The van der Waals surface area contributed by atoms with Crippen LogP contribution < -0.4 is 10.9 Å². The summed E-state index contributed by atoms with van der Waals surface area (Å²) in [5.41, 5.74) is 1.75. The van der Waals surface area contributed by atoms with E-state index in [0.717, 1.165) is 37.7 Å². The van der Waals surface area contributed by atoms with Gasteiger partial charge in [-0.1, -0.05) is 49.8 Å². The maximum absolute atomic E-state index is 13.2. The number of thiocarbonyl (C=S) groups is 1. The lowest BCUT2D eigenvalue weighted by atomic mass is 10.2. The van der Waals surface area contributed by atoms with Gasteiger partial charge in [0.25, 0.3) is 11.5 Å².